The van der Waals surface area contributed by atoms with Crippen LogP contribution in [0.1, 0.15) is 35.8 Å². The van der Waals surface area contributed by atoms with Gasteiger partial charge in [0, 0.05) is 18.0 Å². The summed E-state index contributed by atoms with van der Waals surface area (Å²) in [7, 11) is 2.00. The molecule has 1 fully saturated rings. The summed E-state index contributed by atoms with van der Waals surface area (Å²) in [6, 6.07) is 4.83. The molecule has 0 aliphatic carbocycles. The molecular formula is C19H22F3N3O2. The van der Waals surface area contributed by atoms with Crippen LogP contribution in [0.25, 0.3) is 11.3 Å². The van der Waals surface area contributed by atoms with Gasteiger partial charge in [-0.25, -0.2) is 0 Å². The molecule has 2 atom stereocenters. The Kier molecular flexibility index (Phi) is 5.39. The van der Waals surface area contributed by atoms with Crippen LogP contribution in [0.2, 0.25) is 0 Å². The number of hydrogen-bond acceptors (Lipinski definition) is 5. The molecule has 2 aromatic rings. The van der Waals surface area contributed by atoms with E-state index in [-0.39, 0.29) is 22.7 Å². The monoisotopic (exact) mass is 381 g/mol. The van der Waals surface area contributed by atoms with Crippen LogP contribution in [0, 0.1) is 12.8 Å². The van der Waals surface area contributed by atoms with Crippen molar-refractivity contribution in [1.29, 1.82) is 0 Å². The van der Waals surface area contributed by atoms with E-state index >= 15 is 0 Å². The van der Waals surface area contributed by atoms with Crippen LogP contribution in [0.4, 0.5) is 13.2 Å². The smallest absolute Gasteiger partial charge is 0.416 e. The van der Waals surface area contributed by atoms with E-state index in [1.807, 2.05) is 7.05 Å². The lowest BCUT2D eigenvalue weighted by molar-refractivity contribution is -0.137. The number of hydrogen-bond donors (Lipinski definition) is 2. The number of aliphatic hydroxyl groups excluding tert-OH is 1. The van der Waals surface area contributed by atoms with Gasteiger partial charge >= 0.3 is 6.18 Å². The van der Waals surface area contributed by atoms with E-state index in [0.717, 1.165) is 32.0 Å². The van der Waals surface area contributed by atoms with Gasteiger partial charge in [-0.15, -0.1) is 0 Å². The Morgan fingerprint density at radius 1 is 1.22 bits per heavy atom. The zero-order valence-electron chi connectivity index (χ0n) is 15.2. The molecule has 146 valence electrons. The fraction of sp³-hybridized carbons (Fsp3) is 0.474. The average molecular weight is 381 g/mol. The highest BCUT2D eigenvalue weighted by atomic mass is 19.4. The van der Waals surface area contributed by atoms with E-state index in [1.54, 1.807) is 12.1 Å². The van der Waals surface area contributed by atoms with Crippen molar-refractivity contribution < 1.29 is 23.4 Å². The Bertz CT molecular complexity index is 786. The largest absolute Gasteiger partial charge is 0.507 e. The van der Waals surface area contributed by atoms with E-state index in [1.165, 1.54) is 6.92 Å². The zero-order valence-corrected chi connectivity index (χ0v) is 15.2. The minimum absolute atomic E-state index is 0.0603. The minimum Gasteiger partial charge on any atom is -0.507 e. The quantitative estimate of drug-likeness (QED) is 0.851. The van der Waals surface area contributed by atoms with Gasteiger partial charge in [-0.2, -0.15) is 23.4 Å². The van der Waals surface area contributed by atoms with Crippen molar-refractivity contribution in [2.45, 2.75) is 32.0 Å². The third kappa shape index (κ3) is 4.22. The van der Waals surface area contributed by atoms with Crippen LogP contribution in [0.15, 0.2) is 24.3 Å². The highest BCUT2D eigenvalue weighted by molar-refractivity contribution is 5.71. The molecule has 0 spiro atoms. The average Bonchev–Trinajstić information content (AvgIpc) is 2.60. The summed E-state index contributed by atoms with van der Waals surface area (Å²) in [5.74, 6) is -0.441. The van der Waals surface area contributed by atoms with Gasteiger partial charge in [0.1, 0.15) is 11.9 Å². The van der Waals surface area contributed by atoms with E-state index < -0.39 is 23.6 Å². The summed E-state index contributed by atoms with van der Waals surface area (Å²) in [4.78, 5) is 2.16. The Hall–Kier alpha value is -2.19. The minimum atomic E-state index is -4.53. The SMILES string of the molecule is Cc1cc(C(F)(F)F)cc(O)c1-c1ccc(C(O)C2CCCN(C)C2)nn1. The first kappa shape index (κ1) is 19.6. The fourth-order valence-electron chi connectivity index (χ4n) is 3.60. The number of aliphatic hydroxyl groups is 1. The van der Waals surface area contributed by atoms with Gasteiger partial charge in [0.15, 0.2) is 0 Å². The van der Waals surface area contributed by atoms with Crippen LogP contribution in [0.3, 0.4) is 0 Å². The molecule has 3 rings (SSSR count). The molecule has 5 nitrogen and oxygen atoms in total. The lowest BCUT2D eigenvalue weighted by Gasteiger charge is -2.32. The van der Waals surface area contributed by atoms with E-state index in [0.29, 0.717) is 11.8 Å². The third-order valence-electron chi connectivity index (χ3n) is 4.99. The highest BCUT2D eigenvalue weighted by Gasteiger charge is 2.32. The van der Waals surface area contributed by atoms with Gasteiger partial charge in [0.2, 0.25) is 0 Å². The molecule has 1 aliphatic rings. The second-order valence-electron chi connectivity index (χ2n) is 7.14. The number of aryl methyl sites for hydroxylation is 1. The van der Waals surface area contributed by atoms with Crippen molar-refractivity contribution in [2.24, 2.45) is 5.92 Å². The van der Waals surface area contributed by atoms with Crippen LogP contribution >= 0.6 is 0 Å². The van der Waals surface area contributed by atoms with Gasteiger partial charge in [-0.1, -0.05) is 0 Å². The molecule has 0 bridgehead atoms. The standard InChI is InChI=1S/C19H22F3N3O2/c1-11-8-13(19(20,21)22)9-16(26)17(11)14-5-6-15(24-23-14)18(27)12-4-3-7-25(2)10-12/h5-6,8-9,12,18,26-27H,3-4,7,10H2,1-2H3. The number of piperidine rings is 1. The molecule has 0 amide bonds. The van der Waals surface area contributed by atoms with E-state index in [2.05, 4.69) is 15.1 Å². The Balaban J connectivity index is 1.85. The number of aromatic hydroxyl groups is 1. The first-order valence-corrected chi connectivity index (χ1v) is 8.78. The molecule has 8 heteroatoms. The molecule has 2 heterocycles. The van der Waals surface area contributed by atoms with Gasteiger partial charge in [-0.3, -0.25) is 0 Å². The maximum atomic E-state index is 12.9. The Morgan fingerprint density at radius 2 is 1.96 bits per heavy atom. The highest BCUT2D eigenvalue weighted by Crippen LogP contribution is 2.38. The third-order valence-corrected chi connectivity index (χ3v) is 4.99. The summed E-state index contributed by atoms with van der Waals surface area (Å²) in [5, 5.41) is 28.7. The summed E-state index contributed by atoms with van der Waals surface area (Å²) >= 11 is 0. The summed E-state index contributed by atoms with van der Waals surface area (Å²) in [5.41, 5.74) is 0.217. The number of aromatic nitrogens is 2. The van der Waals surface area contributed by atoms with Crippen molar-refractivity contribution >= 4 is 0 Å². The molecule has 0 saturated carbocycles. The van der Waals surface area contributed by atoms with Crippen LogP contribution < -0.4 is 0 Å². The first-order valence-electron chi connectivity index (χ1n) is 8.78. The van der Waals surface area contributed by atoms with Crippen molar-refractivity contribution in [3.05, 3.63) is 41.1 Å². The number of phenolic OH excluding ortho intramolecular Hbond substituents is 1. The first-order chi connectivity index (χ1) is 12.7. The van der Waals surface area contributed by atoms with Crippen molar-refractivity contribution in [3.8, 4) is 17.0 Å². The molecule has 1 aromatic heterocycles. The topological polar surface area (TPSA) is 69.5 Å². The number of likely N-dealkylation sites (tertiary alicyclic amines) is 1. The fourth-order valence-corrected chi connectivity index (χ4v) is 3.60. The van der Waals surface area contributed by atoms with Gasteiger partial charge in [-0.05, 0) is 63.2 Å². The molecule has 2 unspecified atom stereocenters. The number of phenols is 1. The lowest BCUT2D eigenvalue weighted by Crippen LogP contribution is -2.35. The molecular weight excluding hydrogens is 359 g/mol. The van der Waals surface area contributed by atoms with E-state index in [4.69, 9.17) is 0 Å². The second-order valence-corrected chi connectivity index (χ2v) is 7.14. The van der Waals surface area contributed by atoms with Crippen molar-refractivity contribution in [1.82, 2.24) is 15.1 Å². The molecule has 27 heavy (non-hydrogen) atoms. The summed E-state index contributed by atoms with van der Waals surface area (Å²) in [6.45, 7) is 3.25. The normalized spacial score (nSPS) is 19.9. The van der Waals surface area contributed by atoms with Crippen LogP contribution in [-0.4, -0.2) is 45.4 Å². The zero-order chi connectivity index (χ0) is 19.8. The molecule has 1 aromatic carbocycles. The predicted octanol–water partition coefficient (Wildman–Crippen LogP) is 3.55. The van der Waals surface area contributed by atoms with Crippen LogP contribution in [-0.2, 0) is 6.18 Å². The van der Waals surface area contributed by atoms with Gasteiger partial charge in [0.25, 0.3) is 0 Å². The maximum Gasteiger partial charge on any atom is 0.416 e. The Morgan fingerprint density at radius 3 is 2.52 bits per heavy atom. The maximum absolute atomic E-state index is 12.9. The summed E-state index contributed by atoms with van der Waals surface area (Å²) < 4.78 is 38.6. The summed E-state index contributed by atoms with van der Waals surface area (Å²) in [6.07, 6.45) is -3.39. The van der Waals surface area contributed by atoms with Gasteiger partial charge in [0.05, 0.1) is 17.0 Å². The number of rotatable bonds is 3. The Labute approximate surface area is 155 Å². The molecule has 1 aliphatic heterocycles. The lowest BCUT2D eigenvalue weighted by atomic mass is 9.91. The van der Waals surface area contributed by atoms with Crippen molar-refractivity contribution in [2.75, 3.05) is 20.1 Å². The number of halogens is 3. The molecule has 1 saturated heterocycles. The molecule has 0 radical (unpaired) electrons. The predicted molar refractivity (Wildman–Crippen MR) is 94.1 cm³/mol. The van der Waals surface area contributed by atoms with Gasteiger partial charge < -0.3 is 15.1 Å². The number of alkyl halides is 3. The van der Waals surface area contributed by atoms with Crippen molar-refractivity contribution in [3.63, 3.8) is 0 Å². The van der Waals surface area contributed by atoms with Crippen LogP contribution in [0.5, 0.6) is 5.75 Å². The number of nitrogens with zero attached hydrogens (tertiary/aromatic N) is 3. The molecule has 2 N–H and O–H groups in total. The van der Waals surface area contributed by atoms with E-state index in [9.17, 15) is 23.4 Å². The second kappa shape index (κ2) is 7.44. The number of benzene rings is 1.